The number of pyridine rings is 1. The van der Waals surface area contributed by atoms with Gasteiger partial charge in [0.05, 0.1) is 11.1 Å². The molecule has 2 N–H and O–H groups in total. The van der Waals surface area contributed by atoms with Gasteiger partial charge in [-0.25, -0.2) is 0 Å². The highest BCUT2D eigenvalue weighted by Crippen LogP contribution is 2.40. The van der Waals surface area contributed by atoms with Crippen molar-refractivity contribution in [3.63, 3.8) is 0 Å². The third-order valence-corrected chi connectivity index (χ3v) is 5.80. The molecule has 1 amide bonds. The number of amides is 1. The van der Waals surface area contributed by atoms with Crippen LogP contribution in [0.3, 0.4) is 0 Å². The van der Waals surface area contributed by atoms with E-state index in [9.17, 15) is 23.1 Å². The molecule has 2 fully saturated rings. The van der Waals surface area contributed by atoms with Crippen LogP contribution in [0.2, 0.25) is 0 Å². The van der Waals surface area contributed by atoms with Crippen LogP contribution in [0.1, 0.15) is 44.4 Å². The first-order valence-electron chi connectivity index (χ1n) is 9.39. The van der Waals surface area contributed by atoms with E-state index in [1.54, 1.807) is 0 Å². The summed E-state index contributed by atoms with van der Waals surface area (Å²) in [5.41, 5.74) is -1.64. The number of nitrogens with one attached hydrogen (secondary N) is 1. The molecule has 9 heteroatoms. The smallest absolute Gasteiger partial charge is 0.388 e. The molecule has 3 rings (SSSR count). The molecule has 2 atom stereocenters. The predicted molar refractivity (Wildman–Crippen MR) is 95.3 cm³/mol. The van der Waals surface area contributed by atoms with Crippen LogP contribution in [0, 0.1) is 0 Å². The fraction of sp³-hybridized carbons (Fsp3) is 0.684. The molecule has 156 valence electrons. The van der Waals surface area contributed by atoms with Gasteiger partial charge in [-0.05, 0) is 37.8 Å². The molecule has 2 saturated heterocycles. The van der Waals surface area contributed by atoms with Crippen LogP contribution < -0.4 is 5.32 Å². The zero-order valence-corrected chi connectivity index (χ0v) is 16.1. The van der Waals surface area contributed by atoms with Gasteiger partial charge in [0.1, 0.15) is 11.8 Å². The van der Waals surface area contributed by atoms with Crippen molar-refractivity contribution in [1.29, 1.82) is 0 Å². The Morgan fingerprint density at radius 1 is 1.36 bits per heavy atom. The fourth-order valence-electron chi connectivity index (χ4n) is 4.25. The molecule has 1 aromatic heterocycles. The Labute approximate surface area is 162 Å². The van der Waals surface area contributed by atoms with E-state index in [4.69, 9.17) is 4.74 Å². The highest BCUT2D eigenvalue weighted by molar-refractivity contribution is 5.74. The van der Waals surface area contributed by atoms with E-state index in [-0.39, 0.29) is 5.91 Å². The highest BCUT2D eigenvalue weighted by atomic mass is 19.4. The Morgan fingerprint density at radius 2 is 2.04 bits per heavy atom. The summed E-state index contributed by atoms with van der Waals surface area (Å²) in [6, 6.07) is 2.44. The van der Waals surface area contributed by atoms with Crippen LogP contribution >= 0.6 is 0 Å². The van der Waals surface area contributed by atoms with E-state index in [0.29, 0.717) is 51.1 Å². The second kappa shape index (κ2) is 7.61. The SMILES string of the molecule is CC(=O)N[C@@]1(C)CCOC2(CCN(Cc3ccc(C(F)(F)F)nc3)CC2)[C@@H]1O. The number of nitrogens with zero attached hydrogens (tertiary/aromatic N) is 2. The molecule has 28 heavy (non-hydrogen) atoms. The number of aliphatic hydroxyl groups excluding tert-OH is 1. The summed E-state index contributed by atoms with van der Waals surface area (Å²) >= 11 is 0. The van der Waals surface area contributed by atoms with Gasteiger partial charge in [0.2, 0.25) is 5.91 Å². The molecule has 1 aromatic rings. The minimum Gasteiger partial charge on any atom is -0.388 e. The summed E-state index contributed by atoms with van der Waals surface area (Å²) in [4.78, 5) is 17.1. The number of rotatable bonds is 3. The van der Waals surface area contributed by atoms with Crippen molar-refractivity contribution >= 4 is 5.91 Å². The van der Waals surface area contributed by atoms with Crippen molar-refractivity contribution in [3.8, 4) is 0 Å². The molecule has 0 aliphatic carbocycles. The molecular weight excluding hydrogens is 375 g/mol. The summed E-state index contributed by atoms with van der Waals surface area (Å²) in [5.74, 6) is -0.189. The van der Waals surface area contributed by atoms with Gasteiger partial charge in [-0.3, -0.25) is 14.7 Å². The van der Waals surface area contributed by atoms with Crippen LogP contribution in [0.5, 0.6) is 0 Å². The van der Waals surface area contributed by atoms with Gasteiger partial charge < -0.3 is 15.2 Å². The maximum absolute atomic E-state index is 12.6. The first-order valence-corrected chi connectivity index (χ1v) is 9.39. The van der Waals surface area contributed by atoms with Crippen LogP contribution in [0.15, 0.2) is 18.3 Å². The average molecular weight is 401 g/mol. The lowest BCUT2D eigenvalue weighted by atomic mass is 9.73. The third kappa shape index (κ3) is 4.31. The number of carbonyl (C=O) groups is 1. The van der Waals surface area contributed by atoms with Gasteiger partial charge in [0.15, 0.2) is 0 Å². The second-order valence-electron chi connectivity index (χ2n) is 7.99. The standard InChI is InChI=1S/C19H26F3N3O3/c1-13(26)24-17(2)7-10-28-18(16(17)27)5-8-25(9-6-18)12-14-3-4-15(23-11-14)19(20,21)22/h3-4,11,16,27H,5-10,12H2,1-2H3,(H,24,26)/t16-,17+/m1/s1. The number of halogens is 3. The number of hydrogen-bond acceptors (Lipinski definition) is 5. The van der Waals surface area contributed by atoms with Crippen molar-refractivity contribution in [1.82, 2.24) is 15.2 Å². The number of piperidine rings is 1. The topological polar surface area (TPSA) is 74.7 Å². The maximum Gasteiger partial charge on any atom is 0.433 e. The third-order valence-electron chi connectivity index (χ3n) is 5.80. The molecular formula is C19H26F3N3O3. The maximum atomic E-state index is 12.6. The number of aromatic nitrogens is 1. The summed E-state index contributed by atoms with van der Waals surface area (Å²) in [6.07, 6.45) is -2.31. The van der Waals surface area contributed by atoms with Gasteiger partial charge >= 0.3 is 6.18 Å². The van der Waals surface area contributed by atoms with Crippen LogP contribution in [0.25, 0.3) is 0 Å². The van der Waals surface area contributed by atoms with Gasteiger partial charge in [-0.15, -0.1) is 0 Å². The van der Waals surface area contributed by atoms with Gasteiger partial charge in [0.25, 0.3) is 0 Å². The Kier molecular flexibility index (Phi) is 5.71. The van der Waals surface area contributed by atoms with Crippen LogP contribution in [-0.2, 0) is 22.3 Å². The average Bonchev–Trinajstić information content (AvgIpc) is 2.61. The van der Waals surface area contributed by atoms with E-state index < -0.39 is 29.1 Å². The lowest BCUT2D eigenvalue weighted by molar-refractivity contribution is -0.208. The van der Waals surface area contributed by atoms with Gasteiger partial charge in [-0.2, -0.15) is 13.2 Å². The van der Waals surface area contributed by atoms with Crippen molar-refractivity contribution in [2.75, 3.05) is 19.7 Å². The van der Waals surface area contributed by atoms with Crippen LogP contribution in [-0.4, -0.2) is 57.8 Å². The second-order valence-corrected chi connectivity index (χ2v) is 7.99. The number of aliphatic hydroxyl groups is 1. The van der Waals surface area contributed by atoms with E-state index >= 15 is 0 Å². The molecule has 0 bridgehead atoms. The molecule has 2 aliphatic rings. The van der Waals surface area contributed by atoms with E-state index in [1.165, 1.54) is 19.2 Å². The Bertz CT molecular complexity index is 703. The molecule has 3 heterocycles. The lowest BCUT2D eigenvalue weighted by Gasteiger charge is -2.53. The number of hydrogen-bond donors (Lipinski definition) is 2. The van der Waals surface area contributed by atoms with Crippen molar-refractivity contribution in [3.05, 3.63) is 29.6 Å². The normalized spacial score (nSPS) is 28.3. The highest BCUT2D eigenvalue weighted by Gasteiger charge is 2.53. The first kappa shape index (κ1) is 21.0. The Hall–Kier alpha value is -1.71. The number of ether oxygens (including phenoxy) is 1. The van der Waals surface area contributed by atoms with Crippen molar-refractivity contribution in [2.24, 2.45) is 0 Å². The summed E-state index contributed by atoms with van der Waals surface area (Å²) in [7, 11) is 0. The minimum absolute atomic E-state index is 0.189. The summed E-state index contributed by atoms with van der Waals surface area (Å²) in [5, 5.41) is 13.8. The molecule has 6 nitrogen and oxygen atoms in total. The molecule has 1 spiro atoms. The largest absolute Gasteiger partial charge is 0.433 e. The van der Waals surface area contributed by atoms with E-state index in [1.807, 2.05) is 6.92 Å². The quantitative estimate of drug-likeness (QED) is 0.812. The van der Waals surface area contributed by atoms with Crippen LogP contribution in [0.4, 0.5) is 13.2 Å². The number of likely N-dealkylation sites (tertiary alicyclic amines) is 1. The van der Waals surface area contributed by atoms with Crippen molar-refractivity contribution < 1.29 is 27.8 Å². The molecule has 0 radical (unpaired) electrons. The fourth-order valence-corrected chi connectivity index (χ4v) is 4.25. The minimum atomic E-state index is -4.44. The number of alkyl halides is 3. The lowest BCUT2D eigenvalue weighted by Crippen LogP contribution is -2.69. The molecule has 0 saturated carbocycles. The molecule has 2 aliphatic heterocycles. The van der Waals surface area contributed by atoms with Gasteiger partial charge in [-0.1, -0.05) is 6.07 Å². The van der Waals surface area contributed by atoms with Crippen molar-refractivity contribution in [2.45, 2.75) is 63.1 Å². The number of carbonyl (C=O) groups excluding carboxylic acids is 1. The Balaban J connectivity index is 1.61. The zero-order chi connectivity index (χ0) is 20.6. The monoisotopic (exact) mass is 401 g/mol. The molecule has 0 aromatic carbocycles. The summed E-state index contributed by atoms with van der Waals surface area (Å²) < 4.78 is 43.8. The van der Waals surface area contributed by atoms with E-state index in [2.05, 4.69) is 15.2 Å². The van der Waals surface area contributed by atoms with E-state index in [0.717, 1.165) is 6.07 Å². The zero-order valence-electron chi connectivity index (χ0n) is 16.1. The predicted octanol–water partition coefficient (Wildman–Crippen LogP) is 2.11. The van der Waals surface area contributed by atoms with Gasteiger partial charge in [0, 0.05) is 39.4 Å². The Morgan fingerprint density at radius 3 is 2.57 bits per heavy atom. The molecule has 0 unspecified atom stereocenters. The first-order chi connectivity index (χ1) is 13.0. The summed E-state index contributed by atoms with van der Waals surface area (Å²) in [6.45, 7) is 5.48.